The van der Waals surface area contributed by atoms with Crippen LogP contribution in [0.2, 0.25) is 0 Å². The Hall–Kier alpha value is -3.32. The zero-order chi connectivity index (χ0) is 22.2. The van der Waals surface area contributed by atoms with E-state index in [2.05, 4.69) is 5.32 Å². The smallest absolute Gasteiger partial charge is 0.341 e. The van der Waals surface area contributed by atoms with E-state index in [9.17, 15) is 9.59 Å². The van der Waals surface area contributed by atoms with Crippen molar-refractivity contribution >= 4 is 28.2 Å². The average molecular weight is 440 g/mol. The molecule has 0 saturated heterocycles. The van der Waals surface area contributed by atoms with Gasteiger partial charge in [-0.25, -0.2) is 4.79 Å². The standard InChI is InChI=1S/C24H25NO5S/c1-4-16-8-6-7-9-20(16)30-14-21(26)25-23-22(24(27)29-5-2)19(15-31-23)17-10-12-18(28-3)13-11-17/h6-13,15H,4-5,14H2,1-3H3,(H,25,26). The number of ether oxygens (including phenoxy) is 3. The van der Waals surface area contributed by atoms with Gasteiger partial charge in [-0.15, -0.1) is 11.3 Å². The van der Waals surface area contributed by atoms with Crippen LogP contribution in [0.3, 0.4) is 0 Å². The van der Waals surface area contributed by atoms with Gasteiger partial charge in [0, 0.05) is 10.9 Å². The summed E-state index contributed by atoms with van der Waals surface area (Å²) in [5, 5.41) is 5.06. The van der Waals surface area contributed by atoms with Gasteiger partial charge in [0.2, 0.25) is 0 Å². The summed E-state index contributed by atoms with van der Waals surface area (Å²) in [5.74, 6) is 0.562. The summed E-state index contributed by atoms with van der Waals surface area (Å²) in [5.41, 5.74) is 2.88. The van der Waals surface area contributed by atoms with Crippen molar-refractivity contribution in [2.45, 2.75) is 20.3 Å². The maximum absolute atomic E-state index is 12.7. The molecule has 6 nitrogen and oxygen atoms in total. The maximum Gasteiger partial charge on any atom is 0.341 e. The number of hydrogen-bond donors (Lipinski definition) is 1. The van der Waals surface area contributed by atoms with Gasteiger partial charge >= 0.3 is 5.97 Å². The Labute approximate surface area is 185 Å². The molecule has 1 heterocycles. The first kappa shape index (κ1) is 22.4. The van der Waals surface area contributed by atoms with Crippen LogP contribution in [0.25, 0.3) is 11.1 Å². The van der Waals surface area contributed by atoms with Crippen LogP contribution in [0.4, 0.5) is 5.00 Å². The summed E-state index contributed by atoms with van der Waals surface area (Å²) >= 11 is 1.27. The molecule has 0 radical (unpaired) electrons. The van der Waals surface area contributed by atoms with Crippen molar-refractivity contribution in [1.82, 2.24) is 0 Å². The highest BCUT2D eigenvalue weighted by atomic mass is 32.1. The summed E-state index contributed by atoms with van der Waals surface area (Å²) in [6, 6.07) is 15.0. The fraction of sp³-hybridized carbons (Fsp3) is 0.250. The highest BCUT2D eigenvalue weighted by molar-refractivity contribution is 7.15. The second-order valence-corrected chi connectivity index (χ2v) is 7.48. The Morgan fingerprint density at radius 1 is 1.03 bits per heavy atom. The minimum Gasteiger partial charge on any atom is -0.497 e. The predicted octanol–water partition coefficient (Wildman–Crippen LogP) is 5.18. The number of thiophene rings is 1. The highest BCUT2D eigenvalue weighted by Crippen LogP contribution is 2.37. The molecule has 0 saturated carbocycles. The predicted molar refractivity (Wildman–Crippen MR) is 122 cm³/mol. The number of carbonyl (C=O) groups excluding carboxylic acids is 2. The summed E-state index contributed by atoms with van der Waals surface area (Å²) in [7, 11) is 1.60. The van der Waals surface area contributed by atoms with Crippen molar-refractivity contribution in [2.75, 3.05) is 25.6 Å². The zero-order valence-corrected chi connectivity index (χ0v) is 18.6. The highest BCUT2D eigenvalue weighted by Gasteiger charge is 2.23. The van der Waals surface area contributed by atoms with E-state index in [1.807, 2.05) is 60.8 Å². The van der Waals surface area contributed by atoms with Crippen LogP contribution >= 0.6 is 11.3 Å². The topological polar surface area (TPSA) is 73.9 Å². The fourth-order valence-corrected chi connectivity index (χ4v) is 4.06. The van der Waals surface area contributed by atoms with Crippen LogP contribution in [-0.4, -0.2) is 32.2 Å². The summed E-state index contributed by atoms with van der Waals surface area (Å²) in [6.07, 6.45) is 0.806. The van der Waals surface area contributed by atoms with E-state index in [1.54, 1.807) is 14.0 Å². The number of anilines is 1. The molecule has 0 aliphatic carbocycles. The van der Waals surface area contributed by atoms with Gasteiger partial charge < -0.3 is 19.5 Å². The zero-order valence-electron chi connectivity index (χ0n) is 17.8. The lowest BCUT2D eigenvalue weighted by molar-refractivity contribution is -0.118. The lowest BCUT2D eigenvalue weighted by atomic mass is 10.0. The van der Waals surface area contributed by atoms with Gasteiger partial charge in [-0.05, 0) is 42.7 Å². The van der Waals surface area contributed by atoms with Gasteiger partial charge in [0.15, 0.2) is 6.61 Å². The van der Waals surface area contributed by atoms with Gasteiger partial charge in [-0.1, -0.05) is 37.3 Å². The number of rotatable bonds is 9. The van der Waals surface area contributed by atoms with Crippen molar-refractivity contribution < 1.29 is 23.8 Å². The van der Waals surface area contributed by atoms with E-state index < -0.39 is 5.97 Å². The van der Waals surface area contributed by atoms with E-state index in [-0.39, 0.29) is 19.1 Å². The first-order chi connectivity index (χ1) is 15.1. The van der Waals surface area contributed by atoms with Gasteiger partial charge in [0.1, 0.15) is 22.1 Å². The molecule has 3 rings (SSSR count). The number of methoxy groups -OCH3 is 1. The number of esters is 1. The first-order valence-corrected chi connectivity index (χ1v) is 10.9. The number of hydrogen-bond acceptors (Lipinski definition) is 6. The third-order valence-corrected chi connectivity index (χ3v) is 5.53. The summed E-state index contributed by atoms with van der Waals surface area (Å²) < 4.78 is 16.1. The largest absolute Gasteiger partial charge is 0.497 e. The van der Waals surface area contributed by atoms with Crippen LogP contribution in [0.1, 0.15) is 29.8 Å². The number of amides is 1. The van der Waals surface area contributed by atoms with Crippen molar-refractivity contribution in [3.63, 3.8) is 0 Å². The first-order valence-electron chi connectivity index (χ1n) is 10.0. The minimum absolute atomic E-state index is 0.158. The van der Waals surface area contributed by atoms with Gasteiger partial charge in [-0.2, -0.15) is 0 Å². The third-order valence-electron chi connectivity index (χ3n) is 4.64. The quantitative estimate of drug-likeness (QED) is 0.465. The van der Waals surface area contributed by atoms with E-state index in [0.29, 0.717) is 21.9 Å². The number of nitrogens with one attached hydrogen (secondary N) is 1. The molecule has 31 heavy (non-hydrogen) atoms. The molecule has 0 spiro atoms. The minimum atomic E-state index is -0.484. The molecule has 0 bridgehead atoms. The van der Waals surface area contributed by atoms with E-state index in [0.717, 1.165) is 23.3 Å². The average Bonchev–Trinajstić information content (AvgIpc) is 3.21. The normalized spacial score (nSPS) is 10.4. The van der Waals surface area contributed by atoms with E-state index in [4.69, 9.17) is 14.2 Å². The lowest BCUT2D eigenvalue weighted by Crippen LogP contribution is -2.21. The molecule has 3 aromatic rings. The SMILES string of the molecule is CCOC(=O)c1c(-c2ccc(OC)cc2)csc1NC(=O)COc1ccccc1CC. The van der Waals surface area contributed by atoms with Crippen LogP contribution < -0.4 is 14.8 Å². The molecule has 162 valence electrons. The molecule has 0 aliphatic heterocycles. The molecule has 0 aliphatic rings. The van der Waals surface area contributed by atoms with Crippen LogP contribution in [0.15, 0.2) is 53.9 Å². The maximum atomic E-state index is 12.7. The molecule has 1 amide bonds. The van der Waals surface area contributed by atoms with E-state index in [1.165, 1.54) is 11.3 Å². The van der Waals surface area contributed by atoms with Crippen LogP contribution in [0.5, 0.6) is 11.5 Å². The Bertz CT molecular complexity index is 1040. The van der Waals surface area contributed by atoms with Gasteiger partial charge in [-0.3, -0.25) is 4.79 Å². The molecule has 1 aromatic heterocycles. The molecule has 1 N–H and O–H groups in total. The van der Waals surface area contributed by atoms with Crippen molar-refractivity contribution in [2.24, 2.45) is 0 Å². The molecule has 0 atom stereocenters. The molecule has 0 fully saturated rings. The van der Waals surface area contributed by atoms with Crippen molar-refractivity contribution in [3.05, 3.63) is 65.0 Å². The Morgan fingerprint density at radius 2 is 1.77 bits per heavy atom. The molecule has 0 unspecified atom stereocenters. The molecular formula is C24H25NO5S. The van der Waals surface area contributed by atoms with Crippen molar-refractivity contribution in [3.8, 4) is 22.6 Å². The van der Waals surface area contributed by atoms with Crippen LogP contribution in [0, 0.1) is 0 Å². The number of benzene rings is 2. The third kappa shape index (κ3) is 5.44. The monoisotopic (exact) mass is 439 g/mol. The van der Waals surface area contributed by atoms with Gasteiger partial charge in [0.25, 0.3) is 5.91 Å². The number of carbonyl (C=O) groups is 2. The number of para-hydroxylation sites is 1. The van der Waals surface area contributed by atoms with Gasteiger partial charge in [0.05, 0.1) is 13.7 Å². The Kier molecular flexibility index (Phi) is 7.67. The molecular weight excluding hydrogens is 414 g/mol. The fourth-order valence-electron chi connectivity index (χ4n) is 3.08. The Balaban J connectivity index is 1.80. The van der Waals surface area contributed by atoms with Crippen molar-refractivity contribution in [1.29, 1.82) is 0 Å². The second-order valence-electron chi connectivity index (χ2n) is 6.60. The lowest BCUT2D eigenvalue weighted by Gasteiger charge is -2.11. The summed E-state index contributed by atoms with van der Waals surface area (Å²) in [4.78, 5) is 25.2. The second kappa shape index (κ2) is 10.6. The van der Waals surface area contributed by atoms with E-state index >= 15 is 0 Å². The molecule has 7 heteroatoms. The number of aryl methyl sites for hydroxylation is 1. The van der Waals surface area contributed by atoms with Crippen LogP contribution in [-0.2, 0) is 16.0 Å². The Morgan fingerprint density at radius 3 is 2.45 bits per heavy atom. The molecule has 2 aromatic carbocycles. The summed E-state index contributed by atoms with van der Waals surface area (Å²) in [6.45, 7) is 3.85.